The molecule has 0 bridgehead atoms. The molecule has 1 aliphatic heterocycles. The van der Waals surface area contributed by atoms with E-state index >= 15 is 4.39 Å². The largest absolute Gasteiger partial charge is 0.393 e. The van der Waals surface area contributed by atoms with Crippen molar-refractivity contribution in [2.45, 2.75) is 103 Å². The maximum absolute atomic E-state index is 15.1. The van der Waals surface area contributed by atoms with E-state index in [2.05, 4.69) is 17.1 Å². The predicted molar refractivity (Wildman–Crippen MR) is 205 cm³/mol. The molecule has 6 atom stereocenters. The number of allylic oxidation sites excluding steroid dienone is 4. The van der Waals surface area contributed by atoms with Crippen LogP contribution in [0, 0.1) is 29.0 Å². The van der Waals surface area contributed by atoms with Crippen molar-refractivity contribution < 1.29 is 24.2 Å². The number of aromatic nitrogens is 2. The van der Waals surface area contributed by atoms with Crippen molar-refractivity contribution >= 4 is 22.5 Å². The van der Waals surface area contributed by atoms with E-state index in [9.17, 15) is 24.6 Å². The molecular weight excluding hydrogens is 684 g/mol. The van der Waals surface area contributed by atoms with Gasteiger partial charge in [0.25, 0.3) is 5.56 Å². The SMILES string of the molecule is C[C@]12C[C@H](CCCCCC(=O)N3CCN(C(O)c4cc(Cc5n[nH]c(=O)c6ccccc56)ccc4F)CC3)C3=C4CCC(=O)C=C4CC[C@H]3[C@@H]1CC[C@@H]2O. The van der Waals surface area contributed by atoms with Crippen LogP contribution in [0.25, 0.3) is 10.8 Å². The Morgan fingerprint density at radius 2 is 1.80 bits per heavy atom. The molecule has 4 aliphatic carbocycles. The molecule has 2 aromatic carbocycles. The zero-order valence-corrected chi connectivity index (χ0v) is 31.4. The molecule has 1 aromatic heterocycles. The molecule has 9 nitrogen and oxygen atoms in total. The standard InChI is InChI=1S/C44H53FN4O5/c1-44-26-29(41-31-15-13-30(50)25-28(31)12-14-34(41)36(44)16-18-39(44)51)7-3-2-4-10-40(52)48-19-21-49(22-20-48)43(54)35-23-27(11-17-37(35)45)24-38-32-8-5-6-9-33(32)42(53)47-46-38/h5-6,8-9,11,17,23,25,29,34,36,39,43,51,54H,2-4,7,10,12-16,18-22,24,26H2,1H3,(H,47,53)/t29-,34-,36-,39-,43?,44-/m0/s1. The van der Waals surface area contributed by atoms with Crippen molar-refractivity contribution in [1.82, 2.24) is 20.0 Å². The minimum Gasteiger partial charge on any atom is -0.393 e. The average molecular weight is 737 g/mol. The second-order valence-electron chi connectivity index (χ2n) is 16.8. The van der Waals surface area contributed by atoms with Gasteiger partial charge in [0.05, 0.1) is 17.2 Å². The Labute approximate surface area is 316 Å². The number of hydrogen-bond acceptors (Lipinski definition) is 7. The topological polar surface area (TPSA) is 127 Å². The smallest absolute Gasteiger partial charge is 0.272 e. The molecule has 1 amide bonds. The molecule has 1 saturated heterocycles. The molecule has 2 saturated carbocycles. The van der Waals surface area contributed by atoms with Gasteiger partial charge in [-0.15, -0.1) is 0 Å². The number of hydrogen-bond donors (Lipinski definition) is 3. The predicted octanol–water partition coefficient (Wildman–Crippen LogP) is 6.53. The lowest BCUT2D eigenvalue weighted by Gasteiger charge is -2.52. The van der Waals surface area contributed by atoms with Gasteiger partial charge in [-0.25, -0.2) is 9.49 Å². The second-order valence-corrected chi connectivity index (χ2v) is 16.8. The number of amides is 1. The summed E-state index contributed by atoms with van der Waals surface area (Å²) in [6.45, 7) is 4.16. The zero-order chi connectivity index (χ0) is 37.6. The Balaban J connectivity index is 0.833. The van der Waals surface area contributed by atoms with E-state index in [1.54, 1.807) is 29.8 Å². The van der Waals surface area contributed by atoms with Gasteiger partial charge in [0.1, 0.15) is 12.0 Å². The highest BCUT2D eigenvalue weighted by Crippen LogP contribution is 2.62. The van der Waals surface area contributed by atoms with E-state index in [0.717, 1.165) is 75.2 Å². The van der Waals surface area contributed by atoms with Crippen LogP contribution >= 0.6 is 0 Å². The number of nitrogens with zero attached hydrogens (tertiary/aromatic N) is 3. The van der Waals surface area contributed by atoms with Gasteiger partial charge in [-0.05, 0) is 116 Å². The van der Waals surface area contributed by atoms with Crippen molar-refractivity contribution in [2.75, 3.05) is 26.2 Å². The van der Waals surface area contributed by atoms with Crippen molar-refractivity contribution in [3.63, 3.8) is 0 Å². The van der Waals surface area contributed by atoms with E-state index in [1.165, 1.54) is 17.2 Å². The Morgan fingerprint density at radius 1 is 1.00 bits per heavy atom. The number of nitrogens with one attached hydrogen (secondary N) is 1. The van der Waals surface area contributed by atoms with Gasteiger partial charge >= 0.3 is 0 Å². The number of H-pyrrole nitrogens is 1. The van der Waals surface area contributed by atoms with Crippen molar-refractivity contribution in [3.05, 3.63) is 98.3 Å². The van der Waals surface area contributed by atoms with Gasteiger partial charge in [-0.3, -0.25) is 19.3 Å². The van der Waals surface area contributed by atoms with E-state index < -0.39 is 12.0 Å². The summed E-state index contributed by atoms with van der Waals surface area (Å²) in [5, 5.41) is 30.5. The summed E-state index contributed by atoms with van der Waals surface area (Å²) in [6.07, 6.45) is 11.8. The summed E-state index contributed by atoms with van der Waals surface area (Å²) in [5.41, 5.74) is 5.67. The number of unbranched alkanes of at least 4 members (excludes halogenated alkanes) is 2. The van der Waals surface area contributed by atoms with E-state index in [-0.39, 0.29) is 34.3 Å². The third-order valence-electron chi connectivity index (χ3n) is 13.7. The minimum atomic E-state index is -1.15. The Kier molecular flexibility index (Phi) is 10.5. The van der Waals surface area contributed by atoms with Crippen LogP contribution in [0.1, 0.15) is 107 Å². The summed E-state index contributed by atoms with van der Waals surface area (Å²) in [5.74, 6) is 1.37. The lowest BCUT2D eigenvalue weighted by atomic mass is 9.53. The Morgan fingerprint density at radius 3 is 2.61 bits per heavy atom. The minimum absolute atomic E-state index is 0.0388. The van der Waals surface area contributed by atoms with Crippen LogP contribution in [-0.2, 0) is 16.0 Å². The van der Waals surface area contributed by atoms with Crippen LogP contribution in [0.3, 0.4) is 0 Å². The molecule has 286 valence electrons. The summed E-state index contributed by atoms with van der Waals surface area (Å²) >= 11 is 0. The fourth-order valence-electron chi connectivity index (χ4n) is 10.9. The lowest BCUT2D eigenvalue weighted by Crippen LogP contribution is -2.49. The summed E-state index contributed by atoms with van der Waals surface area (Å²) in [7, 11) is 0. The molecule has 2 heterocycles. The van der Waals surface area contributed by atoms with Gasteiger partial charge in [0.15, 0.2) is 5.78 Å². The quantitative estimate of drug-likeness (QED) is 0.202. The highest BCUT2D eigenvalue weighted by Gasteiger charge is 2.55. The number of halogens is 1. The van der Waals surface area contributed by atoms with E-state index in [0.29, 0.717) is 74.3 Å². The number of rotatable bonds is 10. The fraction of sp³-hybridized carbons (Fsp3) is 0.545. The second kappa shape index (κ2) is 15.3. The molecule has 3 N–H and O–H groups in total. The summed E-state index contributed by atoms with van der Waals surface area (Å²) < 4.78 is 15.1. The van der Waals surface area contributed by atoms with Crippen LogP contribution in [0.2, 0.25) is 0 Å². The highest BCUT2D eigenvalue weighted by atomic mass is 19.1. The number of aliphatic hydroxyl groups excluding tert-OH is 2. The number of benzene rings is 2. The number of piperazine rings is 1. The zero-order valence-electron chi connectivity index (χ0n) is 31.4. The molecule has 1 unspecified atom stereocenters. The first-order valence-corrected chi connectivity index (χ1v) is 20.2. The third-order valence-corrected chi connectivity index (χ3v) is 13.7. The molecule has 3 aromatic rings. The van der Waals surface area contributed by atoms with Crippen LogP contribution in [0.4, 0.5) is 4.39 Å². The molecule has 3 fully saturated rings. The number of fused-ring (bicyclic) bond motifs is 5. The van der Waals surface area contributed by atoms with Crippen LogP contribution < -0.4 is 5.56 Å². The van der Waals surface area contributed by atoms with Crippen molar-refractivity contribution in [1.29, 1.82) is 0 Å². The first-order chi connectivity index (χ1) is 26.1. The first kappa shape index (κ1) is 37.0. The maximum Gasteiger partial charge on any atom is 0.272 e. The maximum atomic E-state index is 15.1. The van der Waals surface area contributed by atoms with Gasteiger partial charge in [0.2, 0.25) is 5.91 Å². The lowest BCUT2D eigenvalue weighted by molar-refractivity contribution is -0.135. The van der Waals surface area contributed by atoms with Gasteiger partial charge in [-0.1, -0.05) is 49.6 Å². The molecule has 0 radical (unpaired) electrons. The third kappa shape index (κ3) is 7.01. The van der Waals surface area contributed by atoms with Gasteiger partial charge in [0, 0.05) is 56.4 Å². The number of carbonyl (C=O) groups excluding carboxylic acids is 2. The van der Waals surface area contributed by atoms with E-state index in [1.807, 2.05) is 28.0 Å². The monoisotopic (exact) mass is 736 g/mol. The van der Waals surface area contributed by atoms with E-state index in [4.69, 9.17) is 0 Å². The number of aromatic amines is 1. The van der Waals surface area contributed by atoms with Gasteiger partial charge < -0.3 is 15.1 Å². The molecule has 0 spiro atoms. The normalized spacial score (nSPS) is 27.7. The Bertz CT molecular complexity index is 2050. The average Bonchev–Trinajstić information content (AvgIpc) is 3.48. The van der Waals surface area contributed by atoms with Gasteiger partial charge in [-0.2, -0.15) is 5.10 Å². The Hall–Kier alpha value is -3.99. The molecule has 10 heteroatoms. The van der Waals surface area contributed by atoms with Crippen LogP contribution in [-0.4, -0.2) is 74.2 Å². The number of aliphatic hydroxyl groups is 2. The summed E-state index contributed by atoms with van der Waals surface area (Å²) in [6, 6.07) is 11.9. The molecule has 54 heavy (non-hydrogen) atoms. The highest BCUT2D eigenvalue weighted by molar-refractivity contribution is 5.93. The van der Waals surface area contributed by atoms with Crippen LogP contribution in [0.5, 0.6) is 0 Å². The fourth-order valence-corrected chi connectivity index (χ4v) is 10.9. The number of ketones is 1. The summed E-state index contributed by atoms with van der Waals surface area (Å²) in [4.78, 5) is 41.4. The molecule has 8 rings (SSSR count). The van der Waals surface area contributed by atoms with Crippen LogP contribution in [0.15, 0.2) is 70.1 Å². The van der Waals surface area contributed by atoms with Crippen molar-refractivity contribution in [2.24, 2.45) is 23.2 Å². The molecular formula is C44H53FN4O5. The van der Waals surface area contributed by atoms with Crippen molar-refractivity contribution in [3.8, 4) is 0 Å². The first-order valence-electron chi connectivity index (χ1n) is 20.2. The number of carbonyl (C=O) groups is 2. The molecule has 5 aliphatic rings.